The molecule has 0 unspecified atom stereocenters. The van der Waals surface area contributed by atoms with Crippen LogP contribution < -0.4 is 0 Å². The summed E-state index contributed by atoms with van der Waals surface area (Å²) in [6, 6.07) is 0. The van der Waals surface area contributed by atoms with Gasteiger partial charge in [-0.2, -0.15) is 0 Å². The van der Waals surface area contributed by atoms with Crippen molar-refractivity contribution in [2.75, 3.05) is 19.8 Å². The van der Waals surface area contributed by atoms with Crippen LogP contribution in [0.25, 0.3) is 0 Å². The van der Waals surface area contributed by atoms with Crippen molar-refractivity contribution in [2.45, 2.75) is 0 Å². The molecule has 1 fully saturated rings. The molecule has 56 valence electrons. The quantitative estimate of drug-likeness (QED) is 0.513. The number of carbonyl (C=O) groups excluding carboxylic acids is 1. The SMILES string of the molecule is C=C1SCC(=O)N(C)N1C. The Labute approximate surface area is 64.6 Å². The minimum Gasteiger partial charge on any atom is -0.280 e. The number of hydrazine groups is 1. The molecule has 0 aliphatic carbocycles. The van der Waals surface area contributed by atoms with Crippen molar-refractivity contribution < 1.29 is 4.79 Å². The van der Waals surface area contributed by atoms with Crippen LogP contribution in [0.4, 0.5) is 0 Å². The molecule has 0 spiro atoms. The van der Waals surface area contributed by atoms with Crippen LogP contribution in [-0.2, 0) is 4.79 Å². The van der Waals surface area contributed by atoms with Crippen molar-refractivity contribution in [1.29, 1.82) is 0 Å². The molecule has 1 amide bonds. The van der Waals surface area contributed by atoms with E-state index in [9.17, 15) is 4.79 Å². The first-order valence-electron chi connectivity index (χ1n) is 2.95. The zero-order valence-corrected chi connectivity index (χ0v) is 6.94. The number of rotatable bonds is 0. The third-order valence-electron chi connectivity index (χ3n) is 1.53. The van der Waals surface area contributed by atoms with Gasteiger partial charge < -0.3 is 0 Å². The van der Waals surface area contributed by atoms with Crippen molar-refractivity contribution >= 4 is 17.7 Å². The highest BCUT2D eigenvalue weighted by molar-refractivity contribution is 8.03. The number of hydrogen-bond acceptors (Lipinski definition) is 3. The molecule has 0 radical (unpaired) electrons. The molecule has 1 aliphatic heterocycles. The highest BCUT2D eigenvalue weighted by atomic mass is 32.2. The lowest BCUT2D eigenvalue weighted by Gasteiger charge is -2.34. The van der Waals surface area contributed by atoms with Gasteiger partial charge in [0.2, 0.25) is 0 Å². The molecule has 0 aromatic carbocycles. The molecule has 1 rings (SSSR count). The summed E-state index contributed by atoms with van der Waals surface area (Å²) in [6.45, 7) is 3.78. The maximum atomic E-state index is 11.0. The molecule has 1 aliphatic rings. The molecule has 0 aromatic heterocycles. The van der Waals surface area contributed by atoms with Gasteiger partial charge in [-0.05, 0) is 0 Å². The maximum absolute atomic E-state index is 11.0. The monoisotopic (exact) mass is 158 g/mol. The fraction of sp³-hybridized carbons (Fsp3) is 0.500. The lowest BCUT2D eigenvalue weighted by Crippen LogP contribution is -2.44. The van der Waals surface area contributed by atoms with Gasteiger partial charge in [0, 0.05) is 14.1 Å². The Hall–Kier alpha value is -0.640. The van der Waals surface area contributed by atoms with E-state index in [4.69, 9.17) is 0 Å². The minimum absolute atomic E-state index is 0.125. The smallest absolute Gasteiger partial charge is 0.251 e. The van der Waals surface area contributed by atoms with E-state index < -0.39 is 0 Å². The van der Waals surface area contributed by atoms with E-state index in [-0.39, 0.29) is 5.91 Å². The summed E-state index contributed by atoms with van der Waals surface area (Å²) in [5.74, 6) is 0.638. The molecular formula is C6H10N2OS. The molecule has 0 aromatic rings. The second kappa shape index (κ2) is 2.54. The molecular weight excluding hydrogens is 148 g/mol. The molecule has 3 nitrogen and oxygen atoms in total. The van der Waals surface area contributed by atoms with Gasteiger partial charge in [-0.1, -0.05) is 18.3 Å². The number of carbonyl (C=O) groups is 1. The fourth-order valence-corrected chi connectivity index (χ4v) is 1.45. The van der Waals surface area contributed by atoms with Gasteiger partial charge in [-0.25, -0.2) is 0 Å². The highest BCUT2D eigenvalue weighted by Crippen LogP contribution is 2.23. The topological polar surface area (TPSA) is 23.6 Å². The Morgan fingerprint density at radius 2 is 2.10 bits per heavy atom. The Balaban J connectivity index is 2.69. The van der Waals surface area contributed by atoms with Crippen LogP contribution in [0.1, 0.15) is 0 Å². The Morgan fingerprint density at radius 3 is 2.60 bits per heavy atom. The van der Waals surface area contributed by atoms with Gasteiger partial charge in [-0.3, -0.25) is 14.8 Å². The zero-order valence-electron chi connectivity index (χ0n) is 6.13. The van der Waals surface area contributed by atoms with E-state index in [1.807, 2.05) is 7.05 Å². The van der Waals surface area contributed by atoms with Crippen LogP contribution >= 0.6 is 11.8 Å². The average Bonchev–Trinajstić information content (AvgIpc) is 1.93. The first-order valence-corrected chi connectivity index (χ1v) is 3.93. The van der Waals surface area contributed by atoms with Gasteiger partial charge >= 0.3 is 0 Å². The number of hydrogen-bond donors (Lipinski definition) is 0. The van der Waals surface area contributed by atoms with Crippen molar-refractivity contribution in [1.82, 2.24) is 10.0 Å². The summed E-state index contributed by atoms with van der Waals surface area (Å²) in [5.41, 5.74) is 0. The van der Waals surface area contributed by atoms with Gasteiger partial charge in [0.1, 0.15) is 0 Å². The van der Waals surface area contributed by atoms with Crippen LogP contribution in [0.3, 0.4) is 0 Å². The third-order valence-corrected chi connectivity index (χ3v) is 2.52. The van der Waals surface area contributed by atoms with Crippen molar-refractivity contribution in [3.05, 3.63) is 11.6 Å². The van der Waals surface area contributed by atoms with E-state index in [1.54, 1.807) is 17.1 Å². The van der Waals surface area contributed by atoms with Crippen molar-refractivity contribution in [3.63, 3.8) is 0 Å². The van der Waals surface area contributed by atoms with Crippen LogP contribution in [0.15, 0.2) is 11.6 Å². The van der Waals surface area contributed by atoms with Crippen LogP contribution in [0.5, 0.6) is 0 Å². The summed E-state index contributed by atoms with van der Waals surface area (Å²) in [7, 11) is 3.57. The predicted molar refractivity (Wildman–Crippen MR) is 42.1 cm³/mol. The molecule has 0 saturated carbocycles. The van der Waals surface area contributed by atoms with E-state index in [2.05, 4.69) is 6.58 Å². The second-order valence-electron chi connectivity index (χ2n) is 2.12. The number of thioether (sulfide) groups is 1. The Morgan fingerprint density at radius 1 is 1.50 bits per heavy atom. The number of nitrogens with zero attached hydrogens (tertiary/aromatic N) is 2. The highest BCUT2D eigenvalue weighted by Gasteiger charge is 2.21. The molecule has 0 bridgehead atoms. The third kappa shape index (κ3) is 1.11. The molecule has 0 atom stereocenters. The van der Waals surface area contributed by atoms with E-state index >= 15 is 0 Å². The fourth-order valence-electron chi connectivity index (χ4n) is 0.666. The van der Waals surface area contributed by atoms with Crippen molar-refractivity contribution in [2.24, 2.45) is 0 Å². The van der Waals surface area contributed by atoms with Gasteiger partial charge in [-0.15, -0.1) is 0 Å². The van der Waals surface area contributed by atoms with E-state index in [1.165, 1.54) is 11.8 Å². The zero-order chi connectivity index (χ0) is 7.72. The Bertz CT molecular complexity index is 161. The molecule has 10 heavy (non-hydrogen) atoms. The van der Waals surface area contributed by atoms with Gasteiger partial charge in [0.15, 0.2) is 0 Å². The van der Waals surface area contributed by atoms with Crippen LogP contribution in [0, 0.1) is 0 Å². The van der Waals surface area contributed by atoms with Crippen LogP contribution in [0.2, 0.25) is 0 Å². The van der Waals surface area contributed by atoms with Crippen LogP contribution in [-0.4, -0.2) is 35.8 Å². The minimum atomic E-state index is 0.125. The second-order valence-corrected chi connectivity index (χ2v) is 3.17. The number of amides is 1. The first kappa shape index (κ1) is 7.47. The molecule has 0 N–H and O–H groups in total. The first-order chi connectivity index (χ1) is 4.63. The van der Waals surface area contributed by atoms with E-state index in [0.29, 0.717) is 5.75 Å². The lowest BCUT2D eigenvalue weighted by molar-refractivity contribution is -0.138. The maximum Gasteiger partial charge on any atom is 0.251 e. The normalized spacial score (nSPS) is 20.2. The van der Waals surface area contributed by atoms with Gasteiger partial charge in [0.25, 0.3) is 5.91 Å². The lowest BCUT2D eigenvalue weighted by atomic mass is 10.6. The standard InChI is InChI=1S/C6H10N2OS/c1-5-7(2)8(3)6(9)4-10-5/h1,4H2,2-3H3. The average molecular weight is 158 g/mol. The largest absolute Gasteiger partial charge is 0.280 e. The summed E-state index contributed by atoms with van der Waals surface area (Å²) in [6.07, 6.45) is 0. The van der Waals surface area contributed by atoms with Gasteiger partial charge in [0.05, 0.1) is 10.8 Å². The molecule has 1 saturated heterocycles. The predicted octanol–water partition coefficient (Wildman–Crippen LogP) is 0.510. The van der Waals surface area contributed by atoms with E-state index in [0.717, 1.165) is 5.03 Å². The summed E-state index contributed by atoms with van der Waals surface area (Å²) < 4.78 is 0. The molecule has 4 heteroatoms. The summed E-state index contributed by atoms with van der Waals surface area (Å²) in [4.78, 5) is 11.0. The summed E-state index contributed by atoms with van der Waals surface area (Å²) in [5, 5.41) is 4.23. The molecule has 1 heterocycles. The Kier molecular flexibility index (Phi) is 1.89. The summed E-state index contributed by atoms with van der Waals surface area (Å²) >= 11 is 1.48. The van der Waals surface area contributed by atoms with Crippen molar-refractivity contribution in [3.8, 4) is 0 Å².